The number of aliphatic carboxylic acids is 1. The Bertz CT molecular complexity index is 667. The second kappa shape index (κ2) is 7.85. The highest BCUT2D eigenvalue weighted by Crippen LogP contribution is 2.69. The first-order chi connectivity index (χ1) is 14.1. The zero-order valence-electron chi connectivity index (χ0n) is 20.1. The summed E-state index contributed by atoms with van der Waals surface area (Å²) < 4.78 is 0. The highest BCUT2D eigenvalue weighted by Gasteiger charge is 2.63. The van der Waals surface area contributed by atoms with Crippen molar-refractivity contribution in [3.8, 4) is 0 Å². The predicted molar refractivity (Wildman–Crippen MR) is 127 cm³/mol. The highest BCUT2D eigenvalue weighted by molar-refractivity contribution is 6.49. The van der Waals surface area contributed by atoms with Crippen LogP contribution in [-0.2, 0) is 4.79 Å². The largest absolute Gasteiger partial charge is 0.482 e. The van der Waals surface area contributed by atoms with E-state index in [0.29, 0.717) is 40.9 Å². The number of carboxylic acids is 1. The van der Waals surface area contributed by atoms with Crippen LogP contribution in [0.3, 0.4) is 0 Å². The van der Waals surface area contributed by atoms with Crippen LogP contribution in [0.5, 0.6) is 0 Å². The van der Waals surface area contributed by atoms with Crippen LogP contribution in [0.4, 0.5) is 0 Å². The van der Waals surface area contributed by atoms with E-state index in [2.05, 4.69) is 20.8 Å². The van der Waals surface area contributed by atoms with Crippen molar-refractivity contribution in [1.29, 1.82) is 0 Å². The molecule has 168 valence electrons. The molecule has 4 rings (SSSR count). The minimum atomic E-state index is -0.671. The summed E-state index contributed by atoms with van der Waals surface area (Å²) in [5.41, 5.74) is 0.709. The van der Waals surface area contributed by atoms with Crippen molar-refractivity contribution < 1.29 is 15.0 Å². The van der Waals surface area contributed by atoms with Crippen molar-refractivity contribution in [2.24, 2.45) is 46.3 Å². The van der Waals surface area contributed by atoms with Crippen LogP contribution < -0.4 is 0 Å². The van der Waals surface area contributed by atoms with Gasteiger partial charge in [-0.3, -0.25) is 4.79 Å². The summed E-state index contributed by atoms with van der Waals surface area (Å²) >= 11 is 0. The van der Waals surface area contributed by atoms with Crippen molar-refractivity contribution >= 4 is 21.7 Å². The van der Waals surface area contributed by atoms with E-state index in [9.17, 15) is 15.0 Å². The monoisotopic (exact) mass is 414 g/mol. The number of fused-ring (bicyclic) bond motifs is 5. The maximum Gasteiger partial charge on any atom is 0.293 e. The third-order valence-electron chi connectivity index (χ3n) is 11.2. The molecule has 0 radical (unpaired) electrons. The summed E-state index contributed by atoms with van der Waals surface area (Å²) in [7, 11) is 3.75. The van der Waals surface area contributed by atoms with Gasteiger partial charge >= 0.3 is 0 Å². The second-order valence-electron chi connectivity index (χ2n) is 12.8. The van der Waals surface area contributed by atoms with E-state index >= 15 is 0 Å². The Kier molecular flexibility index (Phi) is 5.95. The minimum absolute atomic E-state index is 0.130. The molecule has 4 saturated carbocycles. The number of carbonyl (C=O) groups is 1. The van der Waals surface area contributed by atoms with Gasteiger partial charge in [0.1, 0.15) is 15.7 Å². The summed E-state index contributed by atoms with van der Waals surface area (Å²) in [5, 5.41) is 20.6. The molecule has 4 aliphatic rings. The van der Waals surface area contributed by atoms with E-state index in [1.807, 2.05) is 15.7 Å². The molecule has 0 saturated heterocycles. The standard InChI is InChI=1S/C25H44B2O3/c1-4-16-17-7-5-6-12-24(17,3)19-11-13-23(2)15(10-14-25(26,27)22(29)30)8-9-18(23)20(19)21(16)28/h15-21,28H,4-14,26-27H2,1-3H3,(H,29,30)/t15?,16-,17?,18?,19+,20?,21?,23?,24?/m1/s1. The van der Waals surface area contributed by atoms with E-state index in [-0.39, 0.29) is 11.5 Å². The molecule has 4 fully saturated rings. The van der Waals surface area contributed by atoms with Crippen LogP contribution in [0.1, 0.15) is 91.4 Å². The third kappa shape index (κ3) is 3.32. The SMILES string of the molecule is BC(B)(CCC1CCC2C3C(O)[C@H](CC)C4CCCCC4(C)[C@H]3CCC12C)C(=O)O. The summed E-state index contributed by atoms with van der Waals surface area (Å²) in [5.74, 6) is 2.91. The molecule has 7 unspecified atom stereocenters. The van der Waals surface area contributed by atoms with Crippen molar-refractivity contribution in [2.45, 2.75) is 103 Å². The van der Waals surface area contributed by atoms with Crippen LogP contribution in [0.2, 0.25) is 5.21 Å². The van der Waals surface area contributed by atoms with Gasteiger partial charge in [-0.2, -0.15) is 0 Å². The first-order valence-electron chi connectivity index (χ1n) is 13.0. The van der Waals surface area contributed by atoms with Gasteiger partial charge in [-0.15, -0.1) is 0 Å². The summed E-state index contributed by atoms with van der Waals surface area (Å²) in [6.07, 6.45) is 13.2. The van der Waals surface area contributed by atoms with E-state index in [0.717, 1.165) is 19.3 Å². The number of rotatable bonds is 5. The van der Waals surface area contributed by atoms with E-state index < -0.39 is 11.2 Å². The van der Waals surface area contributed by atoms with E-state index in [4.69, 9.17) is 0 Å². The predicted octanol–water partition coefficient (Wildman–Crippen LogP) is 3.89. The summed E-state index contributed by atoms with van der Waals surface area (Å²) in [4.78, 5) is 11.6. The van der Waals surface area contributed by atoms with Crippen molar-refractivity contribution in [2.75, 3.05) is 0 Å². The molecule has 4 aliphatic carbocycles. The van der Waals surface area contributed by atoms with E-state index in [1.54, 1.807) is 0 Å². The van der Waals surface area contributed by atoms with Gasteiger partial charge in [-0.1, -0.05) is 52.9 Å². The number of hydrogen-bond donors (Lipinski definition) is 2. The number of hydrogen-bond acceptors (Lipinski definition) is 2. The molecule has 0 amide bonds. The lowest BCUT2D eigenvalue weighted by Crippen LogP contribution is -2.61. The van der Waals surface area contributed by atoms with Gasteiger partial charge in [0.25, 0.3) is 5.97 Å². The smallest absolute Gasteiger partial charge is 0.293 e. The summed E-state index contributed by atoms with van der Waals surface area (Å²) in [6, 6.07) is 0. The molecule has 0 aromatic rings. The molecule has 5 heteroatoms. The molecular weight excluding hydrogens is 370 g/mol. The lowest BCUT2D eigenvalue weighted by atomic mass is 9.41. The summed E-state index contributed by atoms with van der Waals surface area (Å²) in [6.45, 7) is 7.40. The highest BCUT2D eigenvalue weighted by atomic mass is 16.4. The van der Waals surface area contributed by atoms with Crippen LogP contribution in [0.15, 0.2) is 0 Å². The van der Waals surface area contributed by atoms with E-state index in [1.165, 1.54) is 51.4 Å². The molecule has 9 atom stereocenters. The van der Waals surface area contributed by atoms with Crippen molar-refractivity contribution in [1.82, 2.24) is 0 Å². The quantitative estimate of drug-likeness (QED) is 0.672. The molecule has 3 nitrogen and oxygen atoms in total. The molecule has 0 aromatic heterocycles. The Morgan fingerprint density at radius 1 is 1.00 bits per heavy atom. The Balaban J connectivity index is 1.58. The Hall–Kier alpha value is -0.440. The number of aliphatic hydroxyl groups excluding tert-OH is 1. The zero-order valence-corrected chi connectivity index (χ0v) is 20.1. The topological polar surface area (TPSA) is 57.5 Å². The first kappa shape index (κ1) is 22.7. The maximum absolute atomic E-state index is 11.7. The molecular formula is C25H44B2O3. The van der Waals surface area contributed by atoms with Gasteiger partial charge in [0.15, 0.2) is 0 Å². The van der Waals surface area contributed by atoms with Crippen LogP contribution >= 0.6 is 0 Å². The second-order valence-corrected chi connectivity index (χ2v) is 12.8. The van der Waals surface area contributed by atoms with Gasteiger partial charge in [0, 0.05) is 5.21 Å². The molecule has 0 spiro atoms. The maximum atomic E-state index is 11.7. The minimum Gasteiger partial charge on any atom is -0.482 e. The fourth-order valence-electron chi connectivity index (χ4n) is 9.26. The van der Waals surface area contributed by atoms with Crippen molar-refractivity contribution in [3.63, 3.8) is 0 Å². The zero-order chi connectivity index (χ0) is 21.9. The van der Waals surface area contributed by atoms with Crippen LogP contribution in [0.25, 0.3) is 0 Å². The lowest BCUT2D eigenvalue weighted by Gasteiger charge is -2.64. The fourth-order valence-corrected chi connectivity index (χ4v) is 9.26. The van der Waals surface area contributed by atoms with Gasteiger partial charge in [-0.25, -0.2) is 0 Å². The molecule has 2 N–H and O–H groups in total. The third-order valence-corrected chi connectivity index (χ3v) is 11.2. The van der Waals surface area contributed by atoms with Gasteiger partial charge in [0.2, 0.25) is 0 Å². The first-order valence-corrected chi connectivity index (χ1v) is 13.0. The Morgan fingerprint density at radius 3 is 2.37 bits per heavy atom. The van der Waals surface area contributed by atoms with Crippen molar-refractivity contribution in [3.05, 3.63) is 0 Å². The number of aliphatic hydroxyl groups is 1. The Labute approximate surface area is 186 Å². The Morgan fingerprint density at radius 2 is 1.70 bits per heavy atom. The van der Waals surface area contributed by atoms with Gasteiger partial charge in [-0.05, 0) is 84.9 Å². The molecule has 0 heterocycles. The van der Waals surface area contributed by atoms with Crippen LogP contribution in [0, 0.1) is 46.3 Å². The van der Waals surface area contributed by atoms with Gasteiger partial charge < -0.3 is 10.2 Å². The molecule has 0 bridgehead atoms. The normalized spacial score (nSPS) is 48.5. The molecule has 30 heavy (non-hydrogen) atoms. The fraction of sp³-hybridized carbons (Fsp3) is 0.960. The van der Waals surface area contributed by atoms with Gasteiger partial charge in [0.05, 0.1) is 6.10 Å². The van der Waals surface area contributed by atoms with Crippen LogP contribution in [-0.4, -0.2) is 38.0 Å². The number of carboxylic acid groups (broad SMARTS) is 1. The average molecular weight is 414 g/mol. The molecule has 0 aliphatic heterocycles. The lowest BCUT2D eigenvalue weighted by molar-refractivity contribution is -0.193. The molecule has 0 aromatic carbocycles. The average Bonchev–Trinajstić information content (AvgIpc) is 3.03.